The average Bonchev–Trinajstić information content (AvgIpc) is 2.84. The van der Waals surface area contributed by atoms with Gasteiger partial charge in [0.2, 0.25) is 0 Å². The summed E-state index contributed by atoms with van der Waals surface area (Å²) in [4.78, 5) is 13.7. The van der Waals surface area contributed by atoms with E-state index in [1.807, 2.05) is 0 Å². The van der Waals surface area contributed by atoms with Gasteiger partial charge in [-0.25, -0.2) is 0 Å². The van der Waals surface area contributed by atoms with Crippen LogP contribution in [0.5, 0.6) is 0 Å². The second-order valence-corrected chi connectivity index (χ2v) is 4.41. The van der Waals surface area contributed by atoms with Gasteiger partial charge in [0.1, 0.15) is 0 Å². The van der Waals surface area contributed by atoms with Crippen LogP contribution in [-0.4, -0.2) is 28.1 Å². The summed E-state index contributed by atoms with van der Waals surface area (Å²) in [6, 6.07) is 4.86. The number of aromatic amines is 1. The van der Waals surface area contributed by atoms with E-state index < -0.39 is 0 Å². The minimum atomic E-state index is -0.112. The lowest BCUT2D eigenvalue weighted by Crippen LogP contribution is -2.26. The molecule has 1 amide bonds. The van der Waals surface area contributed by atoms with Gasteiger partial charge >= 0.3 is 0 Å². The molecule has 0 aliphatic heterocycles. The first kappa shape index (κ1) is 12.4. The molecule has 2 aromatic rings. The van der Waals surface area contributed by atoms with Crippen molar-refractivity contribution >= 4 is 23.2 Å². The molecule has 1 aromatic carbocycles. The summed E-state index contributed by atoms with van der Waals surface area (Å²) in [5.74, 6) is -0.112. The number of nitrogens with one attached hydrogen (secondary N) is 1. The molecule has 0 spiro atoms. The number of benzene rings is 1. The summed E-state index contributed by atoms with van der Waals surface area (Å²) in [6.45, 7) is 0.484. The van der Waals surface area contributed by atoms with E-state index in [4.69, 9.17) is 17.3 Å². The molecule has 94 valence electrons. The van der Waals surface area contributed by atoms with Crippen molar-refractivity contribution in [2.24, 2.45) is 0 Å². The van der Waals surface area contributed by atoms with Crippen LogP contribution in [0, 0.1) is 0 Å². The molecule has 3 N–H and O–H groups in total. The number of rotatable bonds is 3. The Morgan fingerprint density at radius 1 is 1.56 bits per heavy atom. The Hall–Kier alpha value is -2.01. The SMILES string of the molecule is CN(Cc1cn[nH]c1)C(=O)c1ccc(Cl)c(N)c1. The van der Waals surface area contributed by atoms with Crippen molar-refractivity contribution in [3.8, 4) is 0 Å². The standard InChI is InChI=1S/C12H13ClN4O/c1-17(7-8-5-15-16-6-8)12(18)9-2-3-10(13)11(14)4-9/h2-6H,7,14H2,1H3,(H,15,16). The first-order valence-corrected chi connectivity index (χ1v) is 5.74. The number of H-pyrrole nitrogens is 1. The molecule has 0 unspecified atom stereocenters. The molecule has 0 atom stereocenters. The van der Waals surface area contributed by atoms with Crippen LogP contribution in [-0.2, 0) is 6.54 Å². The number of nitrogens with two attached hydrogens (primary N) is 1. The molecular weight excluding hydrogens is 252 g/mol. The molecule has 2 rings (SSSR count). The lowest BCUT2D eigenvalue weighted by Gasteiger charge is -2.16. The topological polar surface area (TPSA) is 75.0 Å². The van der Waals surface area contributed by atoms with E-state index in [-0.39, 0.29) is 5.91 Å². The lowest BCUT2D eigenvalue weighted by atomic mass is 10.1. The van der Waals surface area contributed by atoms with Gasteiger partial charge < -0.3 is 10.6 Å². The Labute approximate surface area is 110 Å². The second kappa shape index (κ2) is 5.10. The third-order valence-electron chi connectivity index (χ3n) is 2.56. The molecule has 6 heteroatoms. The highest BCUT2D eigenvalue weighted by molar-refractivity contribution is 6.33. The van der Waals surface area contributed by atoms with E-state index in [0.29, 0.717) is 22.8 Å². The zero-order valence-electron chi connectivity index (χ0n) is 9.85. The van der Waals surface area contributed by atoms with Gasteiger partial charge in [-0.15, -0.1) is 0 Å². The quantitative estimate of drug-likeness (QED) is 0.832. The Balaban J connectivity index is 2.12. The number of carbonyl (C=O) groups excluding carboxylic acids is 1. The van der Waals surface area contributed by atoms with Crippen molar-refractivity contribution in [3.63, 3.8) is 0 Å². The summed E-state index contributed by atoms with van der Waals surface area (Å²) in [5.41, 5.74) is 7.53. The Morgan fingerprint density at radius 2 is 2.33 bits per heavy atom. The van der Waals surface area contributed by atoms with Crippen molar-refractivity contribution in [3.05, 3.63) is 46.7 Å². The molecule has 1 heterocycles. The van der Waals surface area contributed by atoms with Crippen LogP contribution in [0.25, 0.3) is 0 Å². The monoisotopic (exact) mass is 264 g/mol. The maximum absolute atomic E-state index is 12.1. The molecule has 0 bridgehead atoms. The molecule has 5 nitrogen and oxygen atoms in total. The fourth-order valence-electron chi connectivity index (χ4n) is 1.61. The molecular formula is C12H13ClN4O. The van der Waals surface area contributed by atoms with E-state index in [1.54, 1.807) is 42.5 Å². The number of hydrogen-bond acceptors (Lipinski definition) is 3. The van der Waals surface area contributed by atoms with Crippen molar-refractivity contribution in [1.29, 1.82) is 0 Å². The lowest BCUT2D eigenvalue weighted by molar-refractivity contribution is 0.0785. The van der Waals surface area contributed by atoms with Crippen LogP contribution < -0.4 is 5.73 Å². The number of amides is 1. The number of nitrogen functional groups attached to an aromatic ring is 1. The Kier molecular flexibility index (Phi) is 3.53. The number of hydrogen-bond donors (Lipinski definition) is 2. The third-order valence-corrected chi connectivity index (χ3v) is 2.91. The molecule has 0 aliphatic carbocycles. The van der Waals surface area contributed by atoms with E-state index in [2.05, 4.69) is 10.2 Å². The summed E-state index contributed by atoms with van der Waals surface area (Å²) >= 11 is 5.82. The predicted molar refractivity (Wildman–Crippen MR) is 70.2 cm³/mol. The molecule has 0 fully saturated rings. The highest BCUT2D eigenvalue weighted by atomic mass is 35.5. The van der Waals surface area contributed by atoms with Gasteiger partial charge in [0.05, 0.1) is 16.9 Å². The van der Waals surface area contributed by atoms with Crippen molar-refractivity contribution in [2.45, 2.75) is 6.54 Å². The minimum absolute atomic E-state index is 0.112. The van der Waals surface area contributed by atoms with Gasteiger partial charge in [0.15, 0.2) is 0 Å². The third kappa shape index (κ3) is 2.62. The zero-order chi connectivity index (χ0) is 13.1. The Morgan fingerprint density at radius 3 is 2.94 bits per heavy atom. The number of anilines is 1. The van der Waals surface area contributed by atoms with Crippen LogP contribution in [0.15, 0.2) is 30.6 Å². The van der Waals surface area contributed by atoms with Gasteiger partial charge in [-0.1, -0.05) is 11.6 Å². The molecule has 0 radical (unpaired) electrons. The predicted octanol–water partition coefficient (Wildman–Crippen LogP) is 1.92. The fraction of sp³-hybridized carbons (Fsp3) is 0.167. The van der Waals surface area contributed by atoms with Gasteiger partial charge in [-0.05, 0) is 18.2 Å². The number of aromatic nitrogens is 2. The summed E-state index contributed by atoms with van der Waals surface area (Å²) < 4.78 is 0. The van der Waals surface area contributed by atoms with Crippen molar-refractivity contribution < 1.29 is 4.79 Å². The van der Waals surface area contributed by atoms with E-state index in [9.17, 15) is 4.79 Å². The number of nitrogens with zero attached hydrogens (tertiary/aromatic N) is 2. The van der Waals surface area contributed by atoms with Crippen molar-refractivity contribution in [1.82, 2.24) is 15.1 Å². The first-order chi connectivity index (χ1) is 8.58. The van der Waals surface area contributed by atoms with Crippen LogP contribution >= 0.6 is 11.6 Å². The molecule has 0 saturated heterocycles. The Bertz CT molecular complexity index is 553. The largest absolute Gasteiger partial charge is 0.398 e. The summed E-state index contributed by atoms with van der Waals surface area (Å²) in [7, 11) is 1.72. The fourth-order valence-corrected chi connectivity index (χ4v) is 1.72. The maximum atomic E-state index is 12.1. The highest BCUT2D eigenvalue weighted by Gasteiger charge is 2.13. The van der Waals surface area contributed by atoms with Gasteiger partial charge in [-0.2, -0.15) is 5.10 Å². The minimum Gasteiger partial charge on any atom is -0.398 e. The summed E-state index contributed by atoms with van der Waals surface area (Å²) in [6.07, 6.45) is 3.43. The molecule has 18 heavy (non-hydrogen) atoms. The van der Waals surface area contributed by atoms with E-state index >= 15 is 0 Å². The van der Waals surface area contributed by atoms with E-state index in [1.165, 1.54) is 0 Å². The van der Waals surface area contributed by atoms with Crippen LogP contribution in [0.2, 0.25) is 5.02 Å². The average molecular weight is 265 g/mol. The van der Waals surface area contributed by atoms with Crippen LogP contribution in [0.3, 0.4) is 0 Å². The van der Waals surface area contributed by atoms with Gasteiger partial charge in [0, 0.05) is 30.9 Å². The zero-order valence-corrected chi connectivity index (χ0v) is 10.6. The molecule has 0 aliphatic rings. The normalized spacial score (nSPS) is 10.3. The highest BCUT2D eigenvalue weighted by Crippen LogP contribution is 2.20. The first-order valence-electron chi connectivity index (χ1n) is 5.36. The smallest absolute Gasteiger partial charge is 0.253 e. The van der Waals surface area contributed by atoms with Crippen LogP contribution in [0.4, 0.5) is 5.69 Å². The van der Waals surface area contributed by atoms with Gasteiger partial charge in [-0.3, -0.25) is 9.89 Å². The number of carbonyl (C=O) groups is 1. The molecule has 0 saturated carbocycles. The summed E-state index contributed by atoms with van der Waals surface area (Å²) in [5, 5.41) is 6.99. The van der Waals surface area contributed by atoms with Crippen molar-refractivity contribution in [2.75, 3.05) is 12.8 Å². The molecule has 1 aromatic heterocycles. The second-order valence-electron chi connectivity index (χ2n) is 4.00. The number of halogens is 1. The van der Waals surface area contributed by atoms with E-state index in [0.717, 1.165) is 5.56 Å². The van der Waals surface area contributed by atoms with Gasteiger partial charge in [0.25, 0.3) is 5.91 Å². The maximum Gasteiger partial charge on any atom is 0.253 e. The van der Waals surface area contributed by atoms with Crippen LogP contribution in [0.1, 0.15) is 15.9 Å².